The molecule has 0 bridgehead atoms. The number of piperidine rings is 1. The molecule has 1 saturated heterocycles. The fraction of sp³-hybridized carbons (Fsp3) is 0.350. The lowest BCUT2D eigenvalue weighted by Gasteiger charge is -2.34. The number of nitrogens with one attached hydrogen (secondary N) is 2. The van der Waals surface area contributed by atoms with Gasteiger partial charge in [0.05, 0.1) is 0 Å². The minimum absolute atomic E-state index is 0. The van der Waals surface area contributed by atoms with Crippen LogP contribution in [0.1, 0.15) is 24.0 Å². The van der Waals surface area contributed by atoms with Crippen LogP contribution in [0.3, 0.4) is 0 Å². The van der Waals surface area contributed by atoms with Crippen LogP contribution in [0.5, 0.6) is 0 Å². The minimum atomic E-state index is -3.51. The summed E-state index contributed by atoms with van der Waals surface area (Å²) in [5.74, 6) is -0.419. The van der Waals surface area contributed by atoms with E-state index in [0.29, 0.717) is 31.6 Å². The van der Waals surface area contributed by atoms with E-state index in [4.69, 9.17) is 0 Å². The number of halogens is 1. The molecule has 0 radical (unpaired) electrons. The molecule has 2 aromatic rings. The molecule has 0 unspecified atom stereocenters. The number of rotatable bonds is 3. The van der Waals surface area contributed by atoms with Crippen molar-refractivity contribution in [2.24, 2.45) is 0 Å². The highest BCUT2D eigenvalue weighted by atomic mass is 35.5. The molecule has 0 saturated carbocycles. The molecule has 7 heteroatoms. The second-order valence-electron chi connectivity index (χ2n) is 7.18. The topological polar surface area (TPSA) is 75.3 Å². The van der Waals surface area contributed by atoms with E-state index in [0.717, 1.165) is 18.2 Å². The van der Waals surface area contributed by atoms with Gasteiger partial charge in [0.25, 0.3) is 0 Å². The molecule has 0 aromatic heterocycles. The van der Waals surface area contributed by atoms with Crippen molar-refractivity contribution in [3.8, 4) is 11.1 Å². The molecule has 1 amide bonds. The molecule has 1 heterocycles. The van der Waals surface area contributed by atoms with Crippen molar-refractivity contribution in [2.45, 2.75) is 24.0 Å². The van der Waals surface area contributed by atoms with Crippen molar-refractivity contribution >= 4 is 33.8 Å². The Labute approximate surface area is 165 Å². The van der Waals surface area contributed by atoms with Gasteiger partial charge in [0.2, 0.25) is 5.91 Å². The molecule has 5 nitrogen and oxygen atoms in total. The third kappa shape index (κ3) is 3.37. The third-order valence-corrected chi connectivity index (χ3v) is 7.60. The Morgan fingerprint density at radius 1 is 1.04 bits per heavy atom. The van der Waals surface area contributed by atoms with E-state index >= 15 is 0 Å². The van der Waals surface area contributed by atoms with Crippen LogP contribution in [0.2, 0.25) is 0 Å². The molecule has 2 aromatic carbocycles. The standard InChI is InChI=1S/C20H22N2O3S.ClH/c1-26(24,25)20(8-10-21-11-9-20)19(23)22-16-6-7-18-15(13-16)12-14-4-2-3-5-17(14)18;/h2-7,13,21H,8-12H2,1H3,(H,22,23);1H. The van der Waals surface area contributed by atoms with Crippen LogP contribution >= 0.6 is 12.4 Å². The highest BCUT2D eigenvalue weighted by molar-refractivity contribution is 7.92. The van der Waals surface area contributed by atoms with Gasteiger partial charge in [-0.3, -0.25) is 4.79 Å². The Bertz CT molecular complexity index is 982. The normalized spacial score (nSPS) is 17.4. The molecule has 4 rings (SSSR count). The van der Waals surface area contributed by atoms with Gasteiger partial charge in [-0.05, 0) is 66.7 Å². The molecule has 1 aliphatic carbocycles. The lowest BCUT2D eigenvalue weighted by molar-refractivity contribution is -0.119. The lowest BCUT2D eigenvalue weighted by Crippen LogP contribution is -2.55. The first kappa shape index (κ1) is 19.9. The summed E-state index contributed by atoms with van der Waals surface area (Å²) in [5, 5.41) is 6.00. The van der Waals surface area contributed by atoms with E-state index in [2.05, 4.69) is 22.8 Å². The average molecular weight is 407 g/mol. The molecule has 144 valence electrons. The van der Waals surface area contributed by atoms with Crippen molar-refractivity contribution < 1.29 is 13.2 Å². The van der Waals surface area contributed by atoms with Gasteiger partial charge < -0.3 is 10.6 Å². The van der Waals surface area contributed by atoms with Crippen molar-refractivity contribution in [1.82, 2.24) is 5.32 Å². The number of sulfone groups is 1. The summed E-state index contributed by atoms with van der Waals surface area (Å²) in [4.78, 5) is 12.9. The maximum atomic E-state index is 12.9. The monoisotopic (exact) mass is 406 g/mol. The van der Waals surface area contributed by atoms with Gasteiger partial charge in [-0.2, -0.15) is 0 Å². The number of fused-ring (bicyclic) bond motifs is 3. The minimum Gasteiger partial charge on any atom is -0.325 e. The summed E-state index contributed by atoms with van der Waals surface area (Å²) < 4.78 is 23.4. The second kappa shape index (κ2) is 7.26. The van der Waals surface area contributed by atoms with Crippen LogP contribution in [0.4, 0.5) is 5.69 Å². The summed E-state index contributed by atoms with van der Waals surface area (Å²) in [7, 11) is -3.51. The van der Waals surface area contributed by atoms with Crippen LogP contribution in [0.15, 0.2) is 42.5 Å². The third-order valence-electron chi connectivity index (χ3n) is 5.59. The van der Waals surface area contributed by atoms with Gasteiger partial charge >= 0.3 is 0 Å². The van der Waals surface area contributed by atoms with Crippen molar-refractivity contribution in [3.63, 3.8) is 0 Å². The lowest BCUT2D eigenvalue weighted by atomic mass is 9.95. The SMILES string of the molecule is CS(=O)(=O)C1(C(=O)Nc2ccc3c(c2)Cc2ccccc2-3)CCNCC1.Cl. The van der Waals surface area contributed by atoms with E-state index in [9.17, 15) is 13.2 Å². The first-order chi connectivity index (χ1) is 12.4. The zero-order valence-electron chi connectivity index (χ0n) is 15.1. The number of hydrogen-bond acceptors (Lipinski definition) is 4. The zero-order chi connectivity index (χ0) is 18.4. The molecule has 1 aliphatic heterocycles. The quantitative estimate of drug-likeness (QED) is 0.701. The summed E-state index contributed by atoms with van der Waals surface area (Å²) in [5.41, 5.74) is 5.49. The van der Waals surface area contributed by atoms with Crippen LogP contribution < -0.4 is 10.6 Å². The maximum Gasteiger partial charge on any atom is 0.245 e. The summed E-state index contributed by atoms with van der Waals surface area (Å²) in [6, 6.07) is 14.1. The Kier molecular flexibility index (Phi) is 5.34. The van der Waals surface area contributed by atoms with Crippen LogP contribution in [0, 0.1) is 0 Å². The molecule has 27 heavy (non-hydrogen) atoms. The van der Waals surface area contributed by atoms with E-state index in [1.807, 2.05) is 30.3 Å². The van der Waals surface area contributed by atoms with Gasteiger partial charge in [0.15, 0.2) is 14.6 Å². The average Bonchev–Trinajstić information content (AvgIpc) is 2.99. The number of carbonyl (C=O) groups is 1. The van der Waals surface area contributed by atoms with Crippen molar-refractivity contribution in [2.75, 3.05) is 24.7 Å². The second-order valence-corrected chi connectivity index (χ2v) is 9.50. The van der Waals surface area contributed by atoms with Gasteiger partial charge in [0, 0.05) is 11.9 Å². The molecular weight excluding hydrogens is 384 g/mol. The highest BCUT2D eigenvalue weighted by Crippen LogP contribution is 2.38. The van der Waals surface area contributed by atoms with Gasteiger partial charge in [0.1, 0.15) is 0 Å². The van der Waals surface area contributed by atoms with Gasteiger partial charge in [-0.25, -0.2) is 8.42 Å². The van der Waals surface area contributed by atoms with Crippen molar-refractivity contribution in [1.29, 1.82) is 0 Å². The maximum absolute atomic E-state index is 12.9. The molecule has 0 spiro atoms. The number of amides is 1. The largest absolute Gasteiger partial charge is 0.325 e. The van der Waals surface area contributed by atoms with Crippen LogP contribution in [0.25, 0.3) is 11.1 Å². The van der Waals surface area contributed by atoms with Crippen molar-refractivity contribution in [3.05, 3.63) is 53.6 Å². The fourth-order valence-electron chi connectivity index (χ4n) is 4.06. The summed E-state index contributed by atoms with van der Waals surface area (Å²) in [6.07, 6.45) is 2.59. The fourth-order valence-corrected chi connectivity index (χ4v) is 5.40. The molecule has 2 aliphatic rings. The summed E-state index contributed by atoms with van der Waals surface area (Å²) >= 11 is 0. The Morgan fingerprint density at radius 2 is 1.70 bits per heavy atom. The molecular formula is C20H23ClN2O3S. The number of benzene rings is 2. The first-order valence-electron chi connectivity index (χ1n) is 8.84. The van der Waals surface area contributed by atoms with E-state index in [-0.39, 0.29) is 12.4 Å². The molecule has 0 atom stereocenters. The van der Waals surface area contributed by atoms with Gasteiger partial charge in [-0.1, -0.05) is 30.3 Å². The smallest absolute Gasteiger partial charge is 0.245 e. The molecule has 1 fully saturated rings. The van der Waals surface area contributed by atoms with Crippen LogP contribution in [-0.2, 0) is 21.1 Å². The first-order valence-corrected chi connectivity index (χ1v) is 10.7. The predicted molar refractivity (Wildman–Crippen MR) is 110 cm³/mol. The number of anilines is 1. The Balaban J connectivity index is 0.00000210. The Morgan fingerprint density at radius 3 is 2.41 bits per heavy atom. The zero-order valence-corrected chi connectivity index (χ0v) is 16.8. The number of hydrogen-bond donors (Lipinski definition) is 2. The van der Waals surface area contributed by atoms with E-state index < -0.39 is 20.5 Å². The summed E-state index contributed by atoms with van der Waals surface area (Å²) in [6.45, 7) is 1.06. The van der Waals surface area contributed by atoms with Crippen LogP contribution in [-0.4, -0.2) is 38.4 Å². The predicted octanol–water partition coefficient (Wildman–Crippen LogP) is 2.78. The highest BCUT2D eigenvalue weighted by Gasteiger charge is 2.48. The number of carbonyl (C=O) groups excluding carboxylic acids is 1. The van der Waals surface area contributed by atoms with E-state index in [1.165, 1.54) is 16.7 Å². The van der Waals surface area contributed by atoms with E-state index in [1.54, 1.807) is 0 Å². The Hall–Kier alpha value is -1.89. The van der Waals surface area contributed by atoms with Gasteiger partial charge in [-0.15, -0.1) is 12.4 Å². The molecule has 2 N–H and O–H groups in total.